The number of benzene rings is 1. The first-order valence-corrected chi connectivity index (χ1v) is 7.35. The molecule has 94 valence electrons. The third kappa shape index (κ3) is 2.52. The third-order valence-corrected chi connectivity index (χ3v) is 5.07. The van der Waals surface area contributed by atoms with Crippen molar-refractivity contribution in [2.45, 2.75) is 17.4 Å². The minimum atomic E-state index is -3.78. The largest absolute Gasteiger partial charge is 0.326 e. The van der Waals surface area contributed by atoms with E-state index >= 15 is 0 Å². The molecule has 1 aliphatic rings. The smallest absolute Gasteiger partial charge is 0.246 e. The Morgan fingerprint density at radius 2 is 2.18 bits per heavy atom. The number of hydrogen-bond donors (Lipinski definition) is 1. The molecule has 2 N–H and O–H groups in total. The van der Waals surface area contributed by atoms with Crippen LogP contribution in [-0.4, -0.2) is 31.9 Å². The second kappa shape index (κ2) is 4.64. The highest BCUT2D eigenvalue weighted by Gasteiger charge is 2.32. The van der Waals surface area contributed by atoms with E-state index in [0.29, 0.717) is 17.4 Å². The van der Waals surface area contributed by atoms with Gasteiger partial charge in [-0.05, 0) is 24.6 Å². The summed E-state index contributed by atoms with van der Waals surface area (Å²) in [6.07, 6.45) is 0.606. The molecule has 0 aromatic heterocycles. The van der Waals surface area contributed by atoms with E-state index in [0.717, 1.165) is 6.07 Å². The van der Waals surface area contributed by atoms with Crippen molar-refractivity contribution in [3.05, 3.63) is 28.5 Å². The number of nitrogens with two attached hydrogens (primary N) is 1. The van der Waals surface area contributed by atoms with Crippen LogP contribution in [0.25, 0.3) is 0 Å². The first kappa shape index (κ1) is 12.9. The van der Waals surface area contributed by atoms with Crippen molar-refractivity contribution in [1.29, 1.82) is 0 Å². The summed E-state index contributed by atoms with van der Waals surface area (Å²) in [4.78, 5) is -0.305. The van der Waals surface area contributed by atoms with Crippen LogP contribution < -0.4 is 5.73 Å². The van der Waals surface area contributed by atoms with Gasteiger partial charge in [0.15, 0.2) is 0 Å². The fourth-order valence-electron chi connectivity index (χ4n) is 1.79. The van der Waals surface area contributed by atoms with Gasteiger partial charge in [0.1, 0.15) is 10.7 Å². The highest BCUT2D eigenvalue weighted by atomic mass is 79.9. The van der Waals surface area contributed by atoms with Gasteiger partial charge in [0, 0.05) is 23.6 Å². The second-order valence-electron chi connectivity index (χ2n) is 3.99. The Morgan fingerprint density at radius 3 is 2.76 bits per heavy atom. The van der Waals surface area contributed by atoms with E-state index in [4.69, 9.17) is 5.73 Å². The average molecular weight is 323 g/mol. The molecular weight excluding hydrogens is 311 g/mol. The summed E-state index contributed by atoms with van der Waals surface area (Å²) < 4.78 is 39.6. The van der Waals surface area contributed by atoms with E-state index in [2.05, 4.69) is 15.9 Å². The molecule has 0 saturated carbocycles. The highest BCUT2D eigenvalue weighted by Crippen LogP contribution is 2.25. The van der Waals surface area contributed by atoms with Crippen LogP contribution in [0.4, 0.5) is 4.39 Å². The number of rotatable bonds is 2. The van der Waals surface area contributed by atoms with Gasteiger partial charge in [0.05, 0.1) is 0 Å². The Labute approximate surface area is 108 Å². The van der Waals surface area contributed by atoms with E-state index < -0.39 is 15.8 Å². The fourth-order valence-corrected chi connectivity index (χ4v) is 3.90. The summed E-state index contributed by atoms with van der Waals surface area (Å²) >= 11 is 3.13. The lowest BCUT2D eigenvalue weighted by Crippen LogP contribution is -2.32. The summed E-state index contributed by atoms with van der Waals surface area (Å²) in [5.41, 5.74) is 5.66. The van der Waals surface area contributed by atoms with Crippen LogP contribution in [-0.2, 0) is 10.0 Å². The van der Waals surface area contributed by atoms with Crippen molar-refractivity contribution in [3.8, 4) is 0 Å². The maximum Gasteiger partial charge on any atom is 0.246 e. The number of hydrogen-bond acceptors (Lipinski definition) is 3. The van der Waals surface area contributed by atoms with Crippen LogP contribution in [0, 0.1) is 5.82 Å². The van der Waals surface area contributed by atoms with Crippen molar-refractivity contribution in [2.75, 3.05) is 13.1 Å². The minimum absolute atomic E-state index is 0.167. The lowest BCUT2D eigenvalue weighted by atomic mass is 10.3. The zero-order chi connectivity index (χ0) is 12.6. The van der Waals surface area contributed by atoms with E-state index in [1.54, 1.807) is 0 Å². The molecule has 1 atom stereocenters. The molecule has 1 aromatic carbocycles. The van der Waals surface area contributed by atoms with E-state index in [-0.39, 0.29) is 17.5 Å². The predicted molar refractivity (Wildman–Crippen MR) is 65.5 cm³/mol. The van der Waals surface area contributed by atoms with Crippen molar-refractivity contribution in [3.63, 3.8) is 0 Å². The van der Waals surface area contributed by atoms with Crippen molar-refractivity contribution in [1.82, 2.24) is 4.31 Å². The molecule has 2 rings (SSSR count). The maximum absolute atomic E-state index is 13.6. The van der Waals surface area contributed by atoms with Crippen molar-refractivity contribution < 1.29 is 12.8 Å². The SMILES string of the molecule is N[C@@H]1CCN(S(=O)(=O)c2cc(Br)ccc2F)C1. The number of nitrogens with zero attached hydrogens (tertiary/aromatic N) is 1. The van der Waals surface area contributed by atoms with Gasteiger partial charge in [-0.15, -0.1) is 0 Å². The Hall–Kier alpha value is -0.500. The molecule has 17 heavy (non-hydrogen) atoms. The molecule has 1 aromatic rings. The summed E-state index contributed by atoms with van der Waals surface area (Å²) in [5, 5.41) is 0. The first-order chi connectivity index (χ1) is 7.91. The quantitative estimate of drug-likeness (QED) is 0.893. The van der Waals surface area contributed by atoms with Crippen molar-refractivity contribution >= 4 is 26.0 Å². The van der Waals surface area contributed by atoms with Gasteiger partial charge < -0.3 is 5.73 Å². The van der Waals surface area contributed by atoms with Gasteiger partial charge in [0.2, 0.25) is 10.0 Å². The van der Waals surface area contributed by atoms with E-state index in [9.17, 15) is 12.8 Å². The Bertz CT molecular complexity index is 535. The summed E-state index contributed by atoms with van der Waals surface area (Å²) in [6, 6.07) is 3.70. The van der Waals surface area contributed by atoms with Crippen molar-refractivity contribution in [2.24, 2.45) is 5.73 Å². The van der Waals surface area contributed by atoms with Crippen LogP contribution in [0.1, 0.15) is 6.42 Å². The van der Waals surface area contributed by atoms with Gasteiger partial charge in [-0.2, -0.15) is 4.31 Å². The van der Waals surface area contributed by atoms with Crippen LogP contribution in [0.15, 0.2) is 27.6 Å². The minimum Gasteiger partial charge on any atom is -0.326 e. The maximum atomic E-state index is 13.6. The summed E-state index contributed by atoms with van der Waals surface area (Å²) in [7, 11) is -3.78. The average Bonchev–Trinajstić information content (AvgIpc) is 2.69. The monoisotopic (exact) mass is 322 g/mol. The summed E-state index contributed by atoms with van der Waals surface area (Å²) in [6.45, 7) is 0.587. The van der Waals surface area contributed by atoms with E-state index in [1.807, 2.05) is 0 Å². The van der Waals surface area contributed by atoms with Crippen LogP contribution in [0.2, 0.25) is 0 Å². The molecule has 4 nitrogen and oxygen atoms in total. The highest BCUT2D eigenvalue weighted by molar-refractivity contribution is 9.10. The number of sulfonamides is 1. The molecule has 1 aliphatic heterocycles. The van der Waals surface area contributed by atoms with Gasteiger partial charge in [-0.25, -0.2) is 12.8 Å². The molecule has 1 saturated heterocycles. The van der Waals surface area contributed by atoms with Gasteiger partial charge in [0.25, 0.3) is 0 Å². The standard InChI is InChI=1S/C10H12BrFN2O2S/c11-7-1-2-9(12)10(5-7)17(15,16)14-4-3-8(13)6-14/h1-2,5,8H,3-4,6,13H2/t8-/m1/s1. The molecule has 0 spiro atoms. The summed E-state index contributed by atoms with van der Waals surface area (Å²) in [5.74, 6) is -0.742. The zero-order valence-corrected chi connectivity index (χ0v) is 11.3. The molecule has 0 radical (unpaired) electrons. The van der Waals surface area contributed by atoms with Gasteiger partial charge in [-0.3, -0.25) is 0 Å². The molecule has 0 bridgehead atoms. The molecule has 7 heteroatoms. The Kier molecular flexibility index (Phi) is 3.53. The number of halogens is 2. The second-order valence-corrected chi connectivity index (χ2v) is 6.81. The lowest BCUT2D eigenvalue weighted by Gasteiger charge is -2.16. The molecule has 1 heterocycles. The molecule has 0 unspecified atom stereocenters. The van der Waals surface area contributed by atoms with Crippen LogP contribution in [0.3, 0.4) is 0 Å². The lowest BCUT2D eigenvalue weighted by molar-refractivity contribution is 0.465. The fraction of sp³-hybridized carbons (Fsp3) is 0.400. The molecule has 0 aliphatic carbocycles. The Morgan fingerprint density at radius 1 is 1.47 bits per heavy atom. The Balaban J connectivity index is 2.41. The third-order valence-electron chi connectivity index (χ3n) is 2.70. The molecular formula is C10H12BrFN2O2S. The first-order valence-electron chi connectivity index (χ1n) is 5.12. The van der Waals surface area contributed by atoms with E-state index in [1.165, 1.54) is 16.4 Å². The topological polar surface area (TPSA) is 63.4 Å². The van der Waals surface area contributed by atoms with Crippen LogP contribution in [0.5, 0.6) is 0 Å². The van der Waals surface area contributed by atoms with Gasteiger partial charge in [-0.1, -0.05) is 15.9 Å². The van der Waals surface area contributed by atoms with Crippen LogP contribution >= 0.6 is 15.9 Å². The zero-order valence-electron chi connectivity index (χ0n) is 8.94. The molecule has 1 fully saturated rings. The normalized spacial score (nSPS) is 21.9. The molecule has 0 amide bonds. The predicted octanol–water partition coefficient (Wildman–Crippen LogP) is 1.31. The van der Waals surface area contributed by atoms with Gasteiger partial charge >= 0.3 is 0 Å².